The molecule has 0 radical (unpaired) electrons. The van der Waals surface area contributed by atoms with E-state index in [2.05, 4.69) is 0 Å². The van der Waals surface area contributed by atoms with E-state index in [0.29, 0.717) is 13.2 Å². The Morgan fingerprint density at radius 3 is 2.36 bits per heavy atom. The van der Waals surface area contributed by atoms with Crippen LogP contribution in [0.1, 0.15) is 11.9 Å². The molecule has 0 N–H and O–H groups in total. The fraction of sp³-hybridized carbons (Fsp3) is 0.333. The number of halogens is 3. The lowest BCUT2D eigenvalue weighted by atomic mass is 10.2. The summed E-state index contributed by atoms with van der Waals surface area (Å²) >= 11 is 5.60. The molecular formula is C9H7ClF2O2. The van der Waals surface area contributed by atoms with Crippen LogP contribution in [0, 0.1) is 11.6 Å². The van der Waals surface area contributed by atoms with Crippen LogP contribution in [0.5, 0.6) is 0 Å². The van der Waals surface area contributed by atoms with Crippen molar-refractivity contribution in [3.8, 4) is 0 Å². The van der Waals surface area contributed by atoms with E-state index in [0.717, 1.165) is 12.1 Å². The van der Waals surface area contributed by atoms with Crippen molar-refractivity contribution in [1.29, 1.82) is 0 Å². The second-order valence-electron chi connectivity index (χ2n) is 2.83. The zero-order valence-electron chi connectivity index (χ0n) is 7.10. The Bertz CT molecular complexity index is 351. The summed E-state index contributed by atoms with van der Waals surface area (Å²) in [6.07, 6.45) is -0.891. The van der Waals surface area contributed by atoms with Crippen LogP contribution in [0.4, 0.5) is 8.78 Å². The molecule has 0 bridgehead atoms. The largest absolute Gasteiger partial charge is 0.346 e. The van der Waals surface area contributed by atoms with Gasteiger partial charge in [-0.2, -0.15) is 0 Å². The molecule has 76 valence electrons. The molecule has 1 aliphatic rings. The average Bonchev–Trinajstić information content (AvgIpc) is 2.65. The molecule has 5 heteroatoms. The minimum Gasteiger partial charge on any atom is -0.346 e. The molecule has 1 fully saturated rings. The van der Waals surface area contributed by atoms with Crippen LogP contribution in [0.2, 0.25) is 5.02 Å². The third kappa shape index (κ3) is 1.61. The first-order valence-corrected chi connectivity index (χ1v) is 4.44. The second-order valence-corrected chi connectivity index (χ2v) is 3.21. The summed E-state index contributed by atoms with van der Waals surface area (Å²) in [6.45, 7) is 0.716. The highest BCUT2D eigenvalue weighted by atomic mass is 35.5. The number of hydrogen-bond acceptors (Lipinski definition) is 2. The van der Waals surface area contributed by atoms with E-state index in [9.17, 15) is 8.78 Å². The predicted molar refractivity (Wildman–Crippen MR) is 46.0 cm³/mol. The predicted octanol–water partition coefficient (Wildman–Crippen LogP) is 2.66. The first-order valence-electron chi connectivity index (χ1n) is 4.07. The van der Waals surface area contributed by atoms with Crippen LogP contribution in [0.3, 0.4) is 0 Å². The van der Waals surface area contributed by atoms with Crippen LogP contribution < -0.4 is 0 Å². The quantitative estimate of drug-likeness (QED) is 0.678. The minimum atomic E-state index is -0.891. The van der Waals surface area contributed by atoms with Crippen molar-refractivity contribution in [2.75, 3.05) is 13.2 Å². The molecule has 1 aliphatic heterocycles. The van der Waals surface area contributed by atoms with Gasteiger partial charge in [0, 0.05) is 0 Å². The SMILES string of the molecule is Fc1ccc(F)c(C2OCCO2)c1Cl. The van der Waals surface area contributed by atoms with E-state index in [1.54, 1.807) is 0 Å². The van der Waals surface area contributed by atoms with Gasteiger partial charge in [-0.05, 0) is 12.1 Å². The maximum Gasteiger partial charge on any atom is 0.188 e. The normalized spacial score (nSPS) is 17.6. The zero-order chi connectivity index (χ0) is 10.1. The maximum absolute atomic E-state index is 13.3. The smallest absolute Gasteiger partial charge is 0.188 e. The van der Waals surface area contributed by atoms with Gasteiger partial charge in [-0.15, -0.1) is 0 Å². The molecule has 0 amide bonds. The van der Waals surface area contributed by atoms with Crippen LogP contribution in [-0.4, -0.2) is 13.2 Å². The Balaban J connectivity index is 2.44. The van der Waals surface area contributed by atoms with E-state index in [1.807, 2.05) is 0 Å². The fourth-order valence-corrected chi connectivity index (χ4v) is 1.53. The number of rotatable bonds is 1. The van der Waals surface area contributed by atoms with Crippen LogP contribution in [0.25, 0.3) is 0 Å². The standard InChI is InChI=1S/C9H7ClF2O2/c10-8-6(12)2-1-5(11)7(8)9-13-3-4-14-9/h1-2,9H,3-4H2. The highest BCUT2D eigenvalue weighted by Crippen LogP contribution is 2.33. The molecule has 1 heterocycles. The monoisotopic (exact) mass is 220 g/mol. The number of ether oxygens (including phenoxy) is 2. The first kappa shape index (κ1) is 9.83. The Morgan fingerprint density at radius 2 is 1.71 bits per heavy atom. The molecule has 0 saturated carbocycles. The van der Waals surface area contributed by atoms with Gasteiger partial charge >= 0.3 is 0 Å². The summed E-state index contributed by atoms with van der Waals surface area (Å²) in [5.41, 5.74) is -0.0656. The lowest BCUT2D eigenvalue weighted by Crippen LogP contribution is -2.03. The van der Waals surface area contributed by atoms with Crippen molar-refractivity contribution in [2.24, 2.45) is 0 Å². The summed E-state index contributed by atoms with van der Waals surface area (Å²) in [4.78, 5) is 0. The summed E-state index contributed by atoms with van der Waals surface area (Å²) in [5, 5.41) is -0.281. The number of benzene rings is 1. The van der Waals surface area contributed by atoms with Crippen molar-refractivity contribution in [1.82, 2.24) is 0 Å². The van der Waals surface area contributed by atoms with Gasteiger partial charge in [-0.3, -0.25) is 0 Å². The molecule has 0 aliphatic carbocycles. The first-order chi connectivity index (χ1) is 6.70. The number of hydrogen-bond donors (Lipinski definition) is 0. The van der Waals surface area contributed by atoms with Gasteiger partial charge in [0.2, 0.25) is 0 Å². The Kier molecular flexibility index (Phi) is 2.67. The highest BCUT2D eigenvalue weighted by molar-refractivity contribution is 6.31. The summed E-state index contributed by atoms with van der Waals surface area (Å²) in [5.74, 6) is -1.30. The van der Waals surface area contributed by atoms with Crippen molar-refractivity contribution in [3.05, 3.63) is 34.4 Å². The Morgan fingerprint density at radius 1 is 1.14 bits per heavy atom. The lowest BCUT2D eigenvalue weighted by molar-refractivity contribution is -0.0465. The van der Waals surface area contributed by atoms with Crippen LogP contribution >= 0.6 is 11.6 Å². The molecule has 0 aromatic heterocycles. The molecule has 0 unspecified atom stereocenters. The van der Waals surface area contributed by atoms with Crippen molar-refractivity contribution < 1.29 is 18.3 Å². The molecule has 2 rings (SSSR count). The topological polar surface area (TPSA) is 18.5 Å². The van der Waals surface area contributed by atoms with Crippen molar-refractivity contribution in [2.45, 2.75) is 6.29 Å². The molecule has 0 atom stereocenters. The molecule has 1 aromatic carbocycles. The molecular weight excluding hydrogens is 214 g/mol. The van der Waals surface area contributed by atoms with Gasteiger partial charge < -0.3 is 9.47 Å². The third-order valence-electron chi connectivity index (χ3n) is 1.94. The van der Waals surface area contributed by atoms with Gasteiger partial charge in [0.05, 0.1) is 23.8 Å². The Labute approximate surface area is 84.4 Å². The van der Waals surface area contributed by atoms with E-state index in [1.165, 1.54) is 0 Å². The summed E-state index contributed by atoms with van der Waals surface area (Å²) in [7, 11) is 0. The molecule has 1 saturated heterocycles. The molecule has 0 spiro atoms. The van der Waals surface area contributed by atoms with E-state index in [4.69, 9.17) is 21.1 Å². The van der Waals surface area contributed by atoms with Gasteiger partial charge in [0.15, 0.2) is 6.29 Å². The van der Waals surface area contributed by atoms with E-state index < -0.39 is 17.9 Å². The highest BCUT2D eigenvalue weighted by Gasteiger charge is 2.26. The second kappa shape index (κ2) is 3.81. The summed E-state index contributed by atoms with van der Waals surface area (Å²) < 4.78 is 36.4. The van der Waals surface area contributed by atoms with Gasteiger partial charge in [-0.1, -0.05) is 11.6 Å². The van der Waals surface area contributed by atoms with Crippen molar-refractivity contribution >= 4 is 11.6 Å². The molecule has 1 aromatic rings. The van der Waals surface area contributed by atoms with Gasteiger partial charge in [0.25, 0.3) is 0 Å². The van der Waals surface area contributed by atoms with Gasteiger partial charge in [-0.25, -0.2) is 8.78 Å². The zero-order valence-corrected chi connectivity index (χ0v) is 7.85. The van der Waals surface area contributed by atoms with E-state index >= 15 is 0 Å². The average molecular weight is 221 g/mol. The lowest BCUT2D eigenvalue weighted by Gasteiger charge is -2.12. The minimum absolute atomic E-state index is 0.0656. The van der Waals surface area contributed by atoms with Crippen molar-refractivity contribution in [3.63, 3.8) is 0 Å². The third-order valence-corrected chi connectivity index (χ3v) is 2.32. The van der Waals surface area contributed by atoms with E-state index in [-0.39, 0.29) is 10.6 Å². The molecule has 2 nitrogen and oxygen atoms in total. The molecule has 14 heavy (non-hydrogen) atoms. The fourth-order valence-electron chi connectivity index (χ4n) is 1.28. The van der Waals surface area contributed by atoms with Gasteiger partial charge in [0.1, 0.15) is 11.6 Å². The maximum atomic E-state index is 13.3. The van der Waals surface area contributed by atoms with Crippen LogP contribution in [0.15, 0.2) is 12.1 Å². The Hall–Kier alpha value is -0.710. The van der Waals surface area contributed by atoms with Crippen LogP contribution in [-0.2, 0) is 9.47 Å². The summed E-state index contributed by atoms with van der Waals surface area (Å²) in [6, 6.07) is 1.97.